The molecule has 0 radical (unpaired) electrons. The van der Waals surface area contributed by atoms with Crippen molar-refractivity contribution in [1.29, 1.82) is 0 Å². The summed E-state index contributed by atoms with van der Waals surface area (Å²) in [6.45, 7) is 1.80. The topological polar surface area (TPSA) is 121 Å². The quantitative estimate of drug-likeness (QED) is 0.134. The number of fused-ring (bicyclic) bond motifs is 5. The van der Waals surface area contributed by atoms with E-state index in [9.17, 15) is 19.5 Å². The molecule has 6 rings (SSSR count). The van der Waals surface area contributed by atoms with Crippen LogP contribution in [0.4, 0.5) is 0 Å². The molecule has 3 aromatic heterocycles. The highest BCUT2D eigenvalue weighted by Gasteiger charge is 2.45. The summed E-state index contributed by atoms with van der Waals surface area (Å²) in [7, 11) is 3.05. The number of benzene rings is 1. The number of rotatable bonds is 7. The van der Waals surface area contributed by atoms with Gasteiger partial charge in [-0.05, 0) is 59.7 Å². The van der Waals surface area contributed by atoms with Gasteiger partial charge in [-0.1, -0.05) is 23.8 Å². The van der Waals surface area contributed by atoms with Gasteiger partial charge in [-0.15, -0.1) is 0 Å². The summed E-state index contributed by atoms with van der Waals surface area (Å²) in [5.74, 6) is -0.0753. The zero-order valence-corrected chi connectivity index (χ0v) is 22.5. The minimum Gasteiger partial charge on any atom is -0.458 e. The van der Waals surface area contributed by atoms with Crippen LogP contribution in [0, 0.1) is 0 Å². The number of ether oxygens (including phenoxy) is 2. The lowest BCUT2D eigenvalue weighted by molar-refractivity contribution is -0.172. The molecule has 2 aliphatic rings. The number of carbonyl (C=O) groups is 2. The predicted octanol–water partition coefficient (Wildman–Crippen LogP) is 4.21. The Kier molecular flexibility index (Phi) is 6.66. The number of esters is 2. The average Bonchev–Trinajstić information content (AvgIpc) is 3.30. The zero-order chi connectivity index (χ0) is 27.1. The Hall–Kier alpha value is -3.67. The number of cyclic esters (lactones) is 1. The molecule has 0 unspecified atom stereocenters. The van der Waals surface area contributed by atoms with Gasteiger partial charge in [-0.25, -0.2) is 14.8 Å². The highest BCUT2D eigenvalue weighted by molar-refractivity contribution is 8.76. The van der Waals surface area contributed by atoms with Gasteiger partial charge in [0.25, 0.3) is 5.56 Å². The van der Waals surface area contributed by atoms with Crippen molar-refractivity contribution in [2.45, 2.75) is 43.5 Å². The van der Waals surface area contributed by atoms with E-state index in [0.29, 0.717) is 35.0 Å². The summed E-state index contributed by atoms with van der Waals surface area (Å²) in [5.41, 5.74) is 1.05. The monoisotopic (exact) mass is 561 g/mol. The molecule has 39 heavy (non-hydrogen) atoms. The van der Waals surface area contributed by atoms with Crippen LogP contribution in [-0.4, -0.2) is 37.3 Å². The maximum Gasteiger partial charge on any atom is 0.343 e. The molecule has 2 aliphatic heterocycles. The molecule has 1 aromatic carbocycles. The number of carbonyl (C=O) groups excluding carboxylic acids is 2. The molecule has 5 heterocycles. The van der Waals surface area contributed by atoms with Crippen LogP contribution in [-0.2, 0) is 33.1 Å². The average molecular weight is 562 g/mol. The van der Waals surface area contributed by atoms with E-state index in [0.717, 1.165) is 16.0 Å². The summed E-state index contributed by atoms with van der Waals surface area (Å²) >= 11 is 0. The standard InChI is InChI=1S/C28H23N3O6S2/c1-2-28(35)20-13-22-25-17(14-31(22)26(33)19(20)15-36-27(28)34)11-16-12-18(6-7-21(16)30-25)37-24(32)8-10-38-39-23-5-3-4-9-29-23/h3-7,9,11-13,35H,2,8,10,14-15H2,1H3/t28-/m0/s1. The second-order valence-electron chi connectivity index (χ2n) is 9.25. The molecule has 4 aromatic rings. The number of pyridine rings is 3. The van der Waals surface area contributed by atoms with Crippen molar-refractivity contribution < 1.29 is 24.2 Å². The van der Waals surface area contributed by atoms with Gasteiger partial charge in [0.1, 0.15) is 17.4 Å². The molecule has 0 spiro atoms. The second-order valence-corrected chi connectivity index (χ2v) is 11.7. The fourth-order valence-corrected chi connectivity index (χ4v) is 6.68. The van der Waals surface area contributed by atoms with Gasteiger partial charge in [0.2, 0.25) is 0 Å². The maximum atomic E-state index is 13.3. The number of nitrogens with zero attached hydrogens (tertiary/aromatic N) is 3. The summed E-state index contributed by atoms with van der Waals surface area (Å²) in [4.78, 5) is 47.1. The molecular formula is C28H23N3O6S2. The molecule has 0 saturated heterocycles. The molecule has 11 heteroatoms. The van der Waals surface area contributed by atoms with Crippen molar-refractivity contribution in [2.24, 2.45) is 0 Å². The Morgan fingerprint density at radius 3 is 2.87 bits per heavy atom. The summed E-state index contributed by atoms with van der Waals surface area (Å²) in [6, 6.07) is 14.5. The van der Waals surface area contributed by atoms with Gasteiger partial charge in [0.15, 0.2) is 5.60 Å². The Balaban J connectivity index is 1.21. The van der Waals surface area contributed by atoms with Crippen LogP contribution < -0.4 is 10.3 Å². The van der Waals surface area contributed by atoms with E-state index in [1.165, 1.54) is 10.8 Å². The van der Waals surface area contributed by atoms with Crippen molar-refractivity contribution in [3.05, 3.63) is 81.8 Å². The van der Waals surface area contributed by atoms with Crippen LogP contribution in [0.25, 0.3) is 22.3 Å². The van der Waals surface area contributed by atoms with Crippen LogP contribution in [0.3, 0.4) is 0 Å². The van der Waals surface area contributed by atoms with E-state index in [1.807, 2.05) is 24.3 Å². The van der Waals surface area contributed by atoms with Crippen molar-refractivity contribution >= 4 is 44.4 Å². The van der Waals surface area contributed by atoms with Gasteiger partial charge in [0.05, 0.1) is 35.4 Å². The molecule has 0 saturated carbocycles. The minimum absolute atomic E-state index is 0.0863. The Labute approximate surface area is 231 Å². The number of hydrogen-bond donors (Lipinski definition) is 1. The van der Waals surface area contributed by atoms with Crippen molar-refractivity contribution in [3.8, 4) is 17.1 Å². The first-order chi connectivity index (χ1) is 18.9. The molecule has 0 amide bonds. The third-order valence-electron chi connectivity index (χ3n) is 6.88. The Bertz CT molecular complexity index is 1690. The molecule has 0 fully saturated rings. The van der Waals surface area contributed by atoms with Crippen LogP contribution in [0.1, 0.15) is 36.5 Å². The van der Waals surface area contributed by atoms with Crippen LogP contribution >= 0.6 is 21.6 Å². The second kappa shape index (κ2) is 10.1. The Morgan fingerprint density at radius 1 is 1.21 bits per heavy atom. The molecule has 0 aliphatic carbocycles. The lowest BCUT2D eigenvalue weighted by Crippen LogP contribution is -2.44. The lowest BCUT2D eigenvalue weighted by Gasteiger charge is -2.31. The Morgan fingerprint density at radius 2 is 2.08 bits per heavy atom. The first-order valence-electron chi connectivity index (χ1n) is 12.4. The van der Waals surface area contributed by atoms with Crippen LogP contribution in [0.5, 0.6) is 5.75 Å². The summed E-state index contributed by atoms with van der Waals surface area (Å²) < 4.78 is 12.3. The van der Waals surface area contributed by atoms with E-state index in [-0.39, 0.29) is 42.1 Å². The first kappa shape index (κ1) is 25.6. The van der Waals surface area contributed by atoms with Crippen LogP contribution in [0.15, 0.2) is 64.5 Å². The maximum absolute atomic E-state index is 13.3. The van der Waals surface area contributed by atoms with Gasteiger partial charge >= 0.3 is 11.9 Å². The SMILES string of the molecule is CC[C@@]1(O)C(=O)OCc2c1cc1n(c2=O)Cc2cc3cc(OC(=O)CCSSc4ccccn4)ccc3nc2-1. The molecular weight excluding hydrogens is 538 g/mol. The fraction of sp³-hybridized carbons (Fsp3) is 0.250. The van der Waals surface area contributed by atoms with E-state index >= 15 is 0 Å². The normalized spacial score (nSPS) is 17.3. The summed E-state index contributed by atoms with van der Waals surface area (Å²) in [6.07, 6.45) is 2.07. The molecule has 9 nitrogen and oxygen atoms in total. The zero-order valence-electron chi connectivity index (χ0n) is 20.9. The van der Waals surface area contributed by atoms with E-state index < -0.39 is 11.6 Å². The van der Waals surface area contributed by atoms with Gasteiger partial charge in [-0.3, -0.25) is 9.59 Å². The van der Waals surface area contributed by atoms with Gasteiger partial charge in [0, 0.05) is 28.5 Å². The largest absolute Gasteiger partial charge is 0.458 e. The van der Waals surface area contributed by atoms with E-state index in [2.05, 4.69) is 4.98 Å². The van der Waals surface area contributed by atoms with Crippen LogP contribution in [0.2, 0.25) is 0 Å². The third-order valence-corrected chi connectivity index (χ3v) is 9.15. The van der Waals surface area contributed by atoms with Gasteiger partial charge < -0.3 is 19.1 Å². The van der Waals surface area contributed by atoms with E-state index in [4.69, 9.17) is 14.5 Å². The summed E-state index contributed by atoms with van der Waals surface area (Å²) in [5, 5.41) is 12.7. The smallest absolute Gasteiger partial charge is 0.343 e. The van der Waals surface area contributed by atoms with E-state index in [1.54, 1.807) is 52.7 Å². The minimum atomic E-state index is -1.86. The molecule has 198 valence electrons. The third kappa shape index (κ3) is 4.60. The number of hydrogen-bond acceptors (Lipinski definition) is 10. The molecule has 1 atom stereocenters. The fourth-order valence-electron chi connectivity index (χ4n) is 4.83. The first-order valence-corrected chi connectivity index (χ1v) is 14.7. The molecule has 1 N–H and O–H groups in total. The van der Waals surface area contributed by atoms with Crippen molar-refractivity contribution in [3.63, 3.8) is 0 Å². The predicted molar refractivity (Wildman–Crippen MR) is 147 cm³/mol. The highest BCUT2D eigenvalue weighted by atomic mass is 33.1. The highest BCUT2D eigenvalue weighted by Crippen LogP contribution is 2.39. The molecule has 0 bridgehead atoms. The lowest BCUT2D eigenvalue weighted by atomic mass is 9.86. The number of aromatic nitrogens is 3. The van der Waals surface area contributed by atoms with Crippen molar-refractivity contribution in [1.82, 2.24) is 14.5 Å². The number of aliphatic hydroxyl groups is 1. The van der Waals surface area contributed by atoms with Crippen molar-refractivity contribution in [2.75, 3.05) is 5.75 Å². The van der Waals surface area contributed by atoms with Gasteiger partial charge in [-0.2, -0.15) is 0 Å².